The Kier molecular flexibility index (Phi) is 5.14. The van der Waals surface area contributed by atoms with Crippen LogP contribution in [0.3, 0.4) is 0 Å². The molecule has 0 fully saturated rings. The van der Waals surface area contributed by atoms with Crippen LogP contribution in [0.5, 0.6) is 0 Å². The minimum absolute atomic E-state index is 0.319. The van der Waals surface area contributed by atoms with Crippen molar-refractivity contribution >= 4 is 22.9 Å². The lowest BCUT2D eigenvalue weighted by atomic mass is 10.2. The predicted molar refractivity (Wildman–Crippen MR) is 69.7 cm³/mol. The van der Waals surface area contributed by atoms with Gasteiger partial charge >= 0.3 is 0 Å². The van der Waals surface area contributed by atoms with Gasteiger partial charge in [0.15, 0.2) is 0 Å². The topological polar surface area (TPSA) is 60.2 Å². The second kappa shape index (κ2) is 6.40. The fourth-order valence-corrected chi connectivity index (χ4v) is 1.40. The summed E-state index contributed by atoms with van der Waals surface area (Å²) in [5, 5.41) is 3.32. The summed E-state index contributed by atoms with van der Waals surface area (Å²) >= 11 is 4.83. The molecule has 0 saturated carbocycles. The molecule has 3 N–H and O–H groups in total. The third-order valence-electron chi connectivity index (χ3n) is 2.18. The third-order valence-corrected chi connectivity index (χ3v) is 2.39. The number of anilines is 1. The van der Waals surface area contributed by atoms with Crippen molar-refractivity contribution in [2.24, 2.45) is 5.73 Å². The first-order valence-electron chi connectivity index (χ1n) is 5.15. The Bertz CT molecular complexity index is 340. The van der Waals surface area contributed by atoms with Gasteiger partial charge in [0, 0.05) is 19.8 Å². The smallest absolute Gasteiger partial charge is 0.122 e. The molecule has 1 rings (SSSR count). The van der Waals surface area contributed by atoms with Crippen molar-refractivity contribution in [3.63, 3.8) is 0 Å². The lowest BCUT2D eigenvalue weighted by molar-refractivity contribution is 0.191. The van der Waals surface area contributed by atoms with Crippen molar-refractivity contribution in [2.45, 2.75) is 19.4 Å². The number of methoxy groups -OCH3 is 1. The number of hydrogen-bond donors (Lipinski definition) is 2. The quantitative estimate of drug-likeness (QED) is 0.738. The van der Waals surface area contributed by atoms with Crippen LogP contribution in [-0.2, 0) is 4.74 Å². The molecule has 0 aromatic carbocycles. The minimum atomic E-state index is 0.319. The highest BCUT2D eigenvalue weighted by molar-refractivity contribution is 7.80. The van der Waals surface area contributed by atoms with Gasteiger partial charge in [0.1, 0.15) is 4.99 Å². The second-order valence-electron chi connectivity index (χ2n) is 3.62. The van der Waals surface area contributed by atoms with Crippen molar-refractivity contribution in [1.82, 2.24) is 4.98 Å². The van der Waals surface area contributed by atoms with Gasteiger partial charge in [0.05, 0.1) is 17.6 Å². The molecule has 1 atom stereocenters. The summed E-state index contributed by atoms with van der Waals surface area (Å²) in [6.45, 7) is 2.84. The molecule has 1 heterocycles. The Morgan fingerprint density at radius 2 is 2.38 bits per heavy atom. The summed E-state index contributed by atoms with van der Waals surface area (Å²) in [4.78, 5) is 4.47. The Hall–Kier alpha value is -1.20. The SMILES string of the molecule is COCCC(C)Nc1ccc(C(N)=S)nc1. The first-order valence-corrected chi connectivity index (χ1v) is 5.55. The molecule has 5 heteroatoms. The Balaban J connectivity index is 2.51. The summed E-state index contributed by atoms with van der Waals surface area (Å²) in [7, 11) is 1.70. The molecule has 0 saturated heterocycles. The summed E-state index contributed by atoms with van der Waals surface area (Å²) in [5.74, 6) is 0. The van der Waals surface area contributed by atoms with Crippen molar-refractivity contribution < 1.29 is 4.74 Å². The number of thiocarbonyl (C=S) groups is 1. The fraction of sp³-hybridized carbons (Fsp3) is 0.455. The standard InChI is InChI=1S/C11H17N3OS/c1-8(5-6-15-2)14-9-3-4-10(11(12)16)13-7-9/h3-4,7-8,14H,5-6H2,1-2H3,(H2,12,16). The summed E-state index contributed by atoms with van der Waals surface area (Å²) in [6.07, 6.45) is 2.69. The zero-order valence-electron chi connectivity index (χ0n) is 9.56. The molecule has 0 radical (unpaired) electrons. The molecule has 0 aliphatic rings. The lowest BCUT2D eigenvalue weighted by Crippen LogP contribution is -2.18. The first kappa shape index (κ1) is 12.9. The highest BCUT2D eigenvalue weighted by Crippen LogP contribution is 2.09. The molecular formula is C11H17N3OS. The predicted octanol–water partition coefficient (Wildman–Crippen LogP) is 1.55. The molecule has 0 spiro atoms. The minimum Gasteiger partial charge on any atom is -0.388 e. The molecule has 16 heavy (non-hydrogen) atoms. The van der Waals surface area contributed by atoms with Gasteiger partial charge in [-0.05, 0) is 25.5 Å². The molecule has 0 aliphatic carbocycles. The number of pyridine rings is 1. The van der Waals surface area contributed by atoms with E-state index in [0.717, 1.165) is 18.7 Å². The van der Waals surface area contributed by atoms with Gasteiger partial charge < -0.3 is 15.8 Å². The van der Waals surface area contributed by atoms with Crippen LogP contribution < -0.4 is 11.1 Å². The van der Waals surface area contributed by atoms with Crippen molar-refractivity contribution in [3.8, 4) is 0 Å². The Labute approximate surface area is 101 Å². The Morgan fingerprint density at radius 3 is 2.88 bits per heavy atom. The van der Waals surface area contributed by atoms with Crippen LogP contribution in [-0.4, -0.2) is 29.7 Å². The van der Waals surface area contributed by atoms with E-state index in [-0.39, 0.29) is 0 Å². The molecule has 88 valence electrons. The molecule has 0 bridgehead atoms. The van der Waals surface area contributed by atoms with Gasteiger partial charge in [-0.15, -0.1) is 0 Å². The van der Waals surface area contributed by atoms with E-state index in [9.17, 15) is 0 Å². The summed E-state index contributed by atoms with van der Waals surface area (Å²) < 4.78 is 5.01. The number of nitrogens with one attached hydrogen (secondary N) is 1. The highest BCUT2D eigenvalue weighted by atomic mass is 32.1. The number of aromatic nitrogens is 1. The monoisotopic (exact) mass is 239 g/mol. The van der Waals surface area contributed by atoms with Crippen LogP contribution in [0, 0.1) is 0 Å². The molecule has 1 aromatic heterocycles. The molecule has 4 nitrogen and oxygen atoms in total. The van der Waals surface area contributed by atoms with Gasteiger partial charge in [-0.25, -0.2) is 0 Å². The maximum Gasteiger partial charge on any atom is 0.122 e. The molecular weight excluding hydrogens is 222 g/mol. The number of rotatable bonds is 6. The lowest BCUT2D eigenvalue weighted by Gasteiger charge is -2.14. The van der Waals surface area contributed by atoms with E-state index in [0.29, 0.717) is 16.7 Å². The zero-order chi connectivity index (χ0) is 12.0. The van der Waals surface area contributed by atoms with E-state index in [2.05, 4.69) is 17.2 Å². The van der Waals surface area contributed by atoms with Crippen molar-refractivity contribution in [1.29, 1.82) is 0 Å². The van der Waals surface area contributed by atoms with Gasteiger partial charge in [-0.3, -0.25) is 4.98 Å². The first-order chi connectivity index (χ1) is 7.63. The summed E-state index contributed by atoms with van der Waals surface area (Å²) in [5.41, 5.74) is 7.07. The van der Waals surface area contributed by atoms with Crippen LogP contribution in [0.2, 0.25) is 0 Å². The maximum absolute atomic E-state index is 5.46. The van der Waals surface area contributed by atoms with Gasteiger partial charge in [0.2, 0.25) is 0 Å². The largest absolute Gasteiger partial charge is 0.388 e. The van der Waals surface area contributed by atoms with E-state index in [1.54, 1.807) is 13.3 Å². The maximum atomic E-state index is 5.46. The van der Waals surface area contributed by atoms with Crippen LogP contribution in [0.15, 0.2) is 18.3 Å². The molecule has 1 aromatic rings. The van der Waals surface area contributed by atoms with Crippen molar-refractivity contribution in [2.75, 3.05) is 19.0 Å². The normalized spacial score (nSPS) is 12.1. The van der Waals surface area contributed by atoms with E-state index in [4.69, 9.17) is 22.7 Å². The molecule has 1 unspecified atom stereocenters. The van der Waals surface area contributed by atoms with Gasteiger partial charge in [-0.2, -0.15) is 0 Å². The number of nitrogens with zero attached hydrogens (tertiary/aromatic N) is 1. The average molecular weight is 239 g/mol. The third kappa shape index (κ3) is 4.12. The van der Waals surface area contributed by atoms with Crippen LogP contribution >= 0.6 is 12.2 Å². The van der Waals surface area contributed by atoms with Crippen molar-refractivity contribution in [3.05, 3.63) is 24.0 Å². The second-order valence-corrected chi connectivity index (χ2v) is 4.06. The number of ether oxygens (including phenoxy) is 1. The van der Waals surface area contributed by atoms with E-state index >= 15 is 0 Å². The number of hydrogen-bond acceptors (Lipinski definition) is 4. The Morgan fingerprint density at radius 1 is 1.62 bits per heavy atom. The van der Waals surface area contributed by atoms with E-state index in [1.165, 1.54) is 0 Å². The molecule has 0 aliphatic heterocycles. The van der Waals surface area contributed by atoms with Gasteiger partial charge in [-0.1, -0.05) is 12.2 Å². The fourth-order valence-electron chi connectivity index (χ4n) is 1.28. The number of nitrogens with two attached hydrogens (primary N) is 1. The van der Waals surface area contributed by atoms with Crippen LogP contribution in [0.25, 0.3) is 0 Å². The van der Waals surface area contributed by atoms with Crippen LogP contribution in [0.4, 0.5) is 5.69 Å². The summed E-state index contributed by atoms with van der Waals surface area (Å²) in [6, 6.07) is 4.08. The molecule has 0 amide bonds. The zero-order valence-corrected chi connectivity index (χ0v) is 10.4. The van der Waals surface area contributed by atoms with Gasteiger partial charge in [0.25, 0.3) is 0 Å². The average Bonchev–Trinajstić information content (AvgIpc) is 2.27. The van der Waals surface area contributed by atoms with Crippen LogP contribution in [0.1, 0.15) is 19.0 Å². The van der Waals surface area contributed by atoms with E-state index in [1.807, 2.05) is 12.1 Å². The highest BCUT2D eigenvalue weighted by Gasteiger charge is 2.02. The van der Waals surface area contributed by atoms with E-state index < -0.39 is 0 Å².